The van der Waals surface area contributed by atoms with Crippen LogP contribution in [-0.2, 0) is 0 Å². The van der Waals surface area contributed by atoms with E-state index in [2.05, 4.69) is 40.8 Å². The van der Waals surface area contributed by atoms with Gasteiger partial charge in [0.1, 0.15) is 0 Å². The van der Waals surface area contributed by atoms with Gasteiger partial charge in [-0.15, -0.1) is 0 Å². The molecule has 0 nitrogen and oxygen atoms in total. The highest BCUT2D eigenvalue weighted by Crippen LogP contribution is 2.67. The molecule has 0 spiro atoms. The first-order valence-electron chi connectivity index (χ1n) is 12.9. The Hall–Kier alpha value is 0.217. The van der Waals surface area contributed by atoms with Crippen molar-refractivity contribution < 1.29 is 0 Å². The van der Waals surface area contributed by atoms with Crippen molar-refractivity contribution in [1.29, 1.82) is 0 Å². The maximum absolute atomic E-state index is 2.89. The van der Waals surface area contributed by atoms with Crippen molar-refractivity contribution in [3.8, 4) is 0 Å². The molecule has 0 aromatic carbocycles. The third kappa shape index (κ3) is 3.21. The maximum atomic E-state index is 2.89. The molecular formula is C26H48Si. The Morgan fingerprint density at radius 3 is 1.59 bits per heavy atom. The molecule has 0 aliphatic heterocycles. The normalized spacial score (nSPS) is 50.4. The van der Waals surface area contributed by atoms with Crippen LogP contribution in [0.4, 0.5) is 0 Å². The van der Waals surface area contributed by atoms with Crippen LogP contribution < -0.4 is 0 Å². The second-order valence-electron chi connectivity index (χ2n) is 12.1. The van der Waals surface area contributed by atoms with Crippen molar-refractivity contribution >= 4 is 8.07 Å². The molecule has 27 heavy (non-hydrogen) atoms. The molecule has 4 saturated carbocycles. The molecule has 0 bridgehead atoms. The zero-order valence-electron chi connectivity index (χ0n) is 19.3. The summed E-state index contributed by atoms with van der Waals surface area (Å²) >= 11 is 0. The molecule has 156 valence electrons. The fourth-order valence-electron chi connectivity index (χ4n) is 10.1. The Balaban J connectivity index is 1.65. The van der Waals surface area contributed by atoms with Crippen molar-refractivity contribution in [1.82, 2.24) is 0 Å². The zero-order valence-corrected chi connectivity index (χ0v) is 20.3. The van der Waals surface area contributed by atoms with Crippen molar-refractivity contribution in [2.24, 2.45) is 47.3 Å². The van der Waals surface area contributed by atoms with Gasteiger partial charge in [-0.25, -0.2) is 0 Å². The monoisotopic (exact) mass is 388 g/mol. The Labute approximate surface area is 171 Å². The quantitative estimate of drug-likeness (QED) is 0.424. The second-order valence-corrected chi connectivity index (χ2v) is 17.1. The largest absolute Gasteiger partial charge is 0.0689 e. The SMILES string of the molecule is CCCC1C(C)C(C)C([Si](C)(C)C2C3CCCCC3C3CCCCC32)C1C. The van der Waals surface area contributed by atoms with Crippen LogP contribution in [0.25, 0.3) is 0 Å². The molecule has 0 amide bonds. The summed E-state index contributed by atoms with van der Waals surface area (Å²) in [5.41, 5.74) is 2.24. The van der Waals surface area contributed by atoms with Crippen molar-refractivity contribution in [2.45, 2.75) is 116 Å². The summed E-state index contributed by atoms with van der Waals surface area (Å²) in [6.07, 6.45) is 15.4. The van der Waals surface area contributed by atoms with Crippen LogP contribution in [0.2, 0.25) is 24.2 Å². The third-order valence-corrected chi connectivity index (χ3v) is 16.2. The first kappa shape index (κ1) is 20.5. The smallest absolute Gasteiger partial charge is 0.0547 e. The molecule has 0 heterocycles. The van der Waals surface area contributed by atoms with Gasteiger partial charge < -0.3 is 0 Å². The van der Waals surface area contributed by atoms with E-state index in [4.69, 9.17) is 0 Å². The van der Waals surface area contributed by atoms with Gasteiger partial charge in [0.25, 0.3) is 0 Å². The van der Waals surface area contributed by atoms with Gasteiger partial charge in [0.15, 0.2) is 0 Å². The van der Waals surface area contributed by atoms with Gasteiger partial charge in [-0.3, -0.25) is 0 Å². The predicted molar refractivity (Wildman–Crippen MR) is 122 cm³/mol. The van der Waals surface area contributed by atoms with Crippen molar-refractivity contribution in [2.75, 3.05) is 0 Å². The lowest BCUT2D eigenvalue weighted by Gasteiger charge is -2.47. The number of fused-ring (bicyclic) bond motifs is 3. The van der Waals surface area contributed by atoms with E-state index < -0.39 is 8.07 Å². The predicted octanol–water partition coefficient (Wildman–Crippen LogP) is 8.40. The first-order valence-corrected chi connectivity index (χ1v) is 16.0. The highest BCUT2D eigenvalue weighted by molar-refractivity contribution is 6.80. The lowest BCUT2D eigenvalue weighted by molar-refractivity contribution is 0.184. The summed E-state index contributed by atoms with van der Waals surface area (Å²) in [6.45, 7) is 16.2. The highest BCUT2D eigenvalue weighted by atomic mass is 28.3. The molecule has 4 aliphatic carbocycles. The minimum absolute atomic E-state index is 0.961. The molecule has 0 aromatic heterocycles. The van der Waals surface area contributed by atoms with E-state index in [0.29, 0.717) is 0 Å². The molecule has 0 aromatic rings. The van der Waals surface area contributed by atoms with E-state index in [1.165, 1.54) is 12.8 Å². The van der Waals surface area contributed by atoms with Crippen molar-refractivity contribution in [3.05, 3.63) is 0 Å². The molecule has 0 radical (unpaired) electrons. The Morgan fingerprint density at radius 1 is 0.630 bits per heavy atom. The minimum Gasteiger partial charge on any atom is -0.0689 e. The second kappa shape index (κ2) is 7.80. The lowest BCUT2D eigenvalue weighted by Crippen LogP contribution is -2.46. The number of rotatable bonds is 4. The molecule has 4 fully saturated rings. The minimum atomic E-state index is -1.29. The fourth-order valence-corrected chi connectivity index (χ4v) is 16.9. The fraction of sp³-hybridized carbons (Fsp3) is 1.00. The Morgan fingerprint density at radius 2 is 1.11 bits per heavy atom. The van der Waals surface area contributed by atoms with Crippen LogP contribution in [0.5, 0.6) is 0 Å². The molecule has 1 heteroatoms. The van der Waals surface area contributed by atoms with Crippen LogP contribution in [-0.4, -0.2) is 8.07 Å². The van der Waals surface area contributed by atoms with E-state index in [9.17, 15) is 0 Å². The molecule has 0 saturated heterocycles. The summed E-state index contributed by atoms with van der Waals surface area (Å²) < 4.78 is 0. The van der Waals surface area contributed by atoms with Gasteiger partial charge in [-0.05, 0) is 71.3 Å². The van der Waals surface area contributed by atoms with Gasteiger partial charge in [0, 0.05) is 0 Å². The highest BCUT2D eigenvalue weighted by Gasteiger charge is 2.61. The summed E-state index contributed by atoms with van der Waals surface area (Å²) in [5.74, 6) is 8.47. The molecular weight excluding hydrogens is 340 g/mol. The maximum Gasteiger partial charge on any atom is 0.0547 e. The average molecular weight is 389 g/mol. The van der Waals surface area contributed by atoms with E-state index in [1.807, 2.05) is 0 Å². The lowest BCUT2D eigenvalue weighted by atomic mass is 9.73. The molecule has 9 atom stereocenters. The average Bonchev–Trinajstić information content (AvgIpc) is 3.10. The van der Waals surface area contributed by atoms with Crippen LogP contribution in [0, 0.1) is 47.3 Å². The standard InChI is InChI=1S/C26H48Si/c1-7-12-20-17(2)18(3)25(19(20)4)27(5,6)26-23-15-10-8-13-21(23)22-14-9-11-16-24(22)26/h17-26H,7-16H2,1-6H3. The van der Waals surface area contributed by atoms with Gasteiger partial charge in [-0.2, -0.15) is 0 Å². The summed E-state index contributed by atoms with van der Waals surface area (Å²) in [4.78, 5) is 0. The van der Waals surface area contributed by atoms with E-state index in [0.717, 1.165) is 58.4 Å². The topological polar surface area (TPSA) is 0 Å². The third-order valence-electron chi connectivity index (χ3n) is 10.9. The molecule has 0 N–H and O–H groups in total. The van der Waals surface area contributed by atoms with E-state index in [1.54, 1.807) is 51.4 Å². The van der Waals surface area contributed by atoms with Crippen LogP contribution in [0.1, 0.15) is 91.9 Å². The molecule has 9 unspecified atom stereocenters. The zero-order chi connectivity index (χ0) is 19.3. The first-order chi connectivity index (χ1) is 12.9. The van der Waals surface area contributed by atoms with Crippen LogP contribution in [0.15, 0.2) is 0 Å². The van der Waals surface area contributed by atoms with Crippen LogP contribution in [0.3, 0.4) is 0 Å². The van der Waals surface area contributed by atoms with E-state index >= 15 is 0 Å². The summed E-state index contributed by atoms with van der Waals surface area (Å²) in [7, 11) is -1.29. The van der Waals surface area contributed by atoms with Crippen LogP contribution >= 0.6 is 0 Å². The van der Waals surface area contributed by atoms with Crippen molar-refractivity contribution in [3.63, 3.8) is 0 Å². The van der Waals surface area contributed by atoms with Gasteiger partial charge in [-0.1, -0.05) is 92.2 Å². The van der Waals surface area contributed by atoms with Gasteiger partial charge in [0.2, 0.25) is 0 Å². The Bertz CT molecular complexity index is 488. The van der Waals surface area contributed by atoms with Gasteiger partial charge in [0.05, 0.1) is 8.07 Å². The molecule has 4 rings (SSSR count). The number of hydrogen-bond donors (Lipinski definition) is 0. The summed E-state index contributed by atoms with van der Waals surface area (Å²) in [6, 6.07) is 0. The van der Waals surface area contributed by atoms with Gasteiger partial charge >= 0.3 is 0 Å². The number of hydrogen-bond acceptors (Lipinski definition) is 0. The van der Waals surface area contributed by atoms with E-state index in [-0.39, 0.29) is 0 Å². The summed E-state index contributed by atoms with van der Waals surface area (Å²) in [5, 5.41) is 0. The molecule has 4 aliphatic rings. The Kier molecular flexibility index (Phi) is 5.92.